The molecule has 0 saturated heterocycles. The van der Waals surface area contributed by atoms with E-state index >= 15 is 0 Å². The largest absolute Gasteiger partial charge is 0.310 e. The van der Waals surface area contributed by atoms with Crippen molar-refractivity contribution in [2.24, 2.45) is 11.8 Å². The van der Waals surface area contributed by atoms with Gasteiger partial charge in [0.2, 0.25) is 0 Å². The van der Waals surface area contributed by atoms with Crippen LogP contribution in [0.5, 0.6) is 0 Å². The van der Waals surface area contributed by atoms with Crippen LogP contribution in [0.15, 0.2) is 218 Å². The minimum Gasteiger partial charge on any atom is -0.310 e. The van der Waals surface area contributed by atoms with Crippen LogP contribution in [-0.4, -0.2) is 0 Å². The van der Waals surface area contributed by atoms with E-state index in [4.69, 9.17) is 0 Å². The number of hydrogen-bond donors (Lipinski definition) is 0. The maximum Gasteiger partial charge on any atom is 0.0505 e. The highest BCUT2D eigenvalue weighted by Crippen LogP contribution is 2.67. The van der Waals surface area contributed by atoms with Gasteiger partial charge in [0, 0.05) is 33.6 Å². The van der Waals surface area contributed by atoms with Crippen molar-refractivity contribution < 1.29 is 0 Å². The molecule has 13 rings (SSSR count). The summed E-state index contributed by atoms with van der Waals surface area (Å²) in [5.41, 5.74) is 23.7. The second kappa shape index (κ2) is 15.6. The lowest BCUT2D eigenvalue weighted by atomic mass is 9.58. The van der Waals surface area contributed by atoms with E-state index in [0.29, 0.717) is 11.8 Å². The molecule has 0 N–H and O–H groups in total. The summed E-state index contributed by atoms with van der Waals surface area (Å²) in [7, 11) is 0. The van der Waals surface area contributed by atoms with Crippen LogP contribution in [0.3, 0.4) is 0 Å². The number of anilines is 6. The van der Waals surface area contributed by atoms with E-state index in [9.17, 15) is 0 Å². The predicted octanol–water partition coefficient (Wildman–Crippen LogP) is 17.1. The Morgan fingerprint density at radius 1 is 0.373 bits per heavy atom. The molecule has 3 unspecified atom stereocenters. The van der Waals surface area contributed by atoms with Crippen LogP contribution < -0.4 is 9.80 Å². The molecule has 4 aliphatic carbocycles. The van der Waals surface area contributed by atoms with E-state index in [1.807, 2.05) is 0 Å². The summed E-state index contributed by atoms with van der Waals surface area (Å²) >= 11 is 0. The van der Waals surface area contributed by atoms with E-state index in [0.717, 1.165) is 12.8 Å². The van der Waals surface area contributed by atoms with Crippen LogP contribution in [0.2, 0.25) is 0 Å². The molecule has 4 aliphatic rings. The molecule has 0 bridgehead atoms. The van der Waals surface area contributed by atoms with Crippen LogP contribution in [0.4, 0.5) is 34.1 Å². The summed E-state index contributed by atoms with van der Waals surface area (Å²) in [5.74, 6) is 1.02. The van der Waals surface area contributed by atoms with Crippen LogP contribution in [0.25, 0.3) is 33.4 Å². The highest BCUT2D eigenvalue weighted by Gasteiger charge is 2.60. The highest BCUT2D eigenvalue weighted by molar-refractivity contribution is 5.89. The molecule has 0 heterocycles. The van der Waals surface area contributed by atoms with Gasteiger partial charge in [-0.1, -0.05) is 178 Å². The number of rotatable bonds is 8. The number of para-hydroxylation sites is 2. The molecule has 2 heteroatoms. The molecule has 3 atom stereocenters. The minimum atomic E-state index is -0.150. The first-order chi connectivity index (χ1) is 33.0. The van der Waals surface area contributed by atoms with E-state index in [2.05, 4.69) is 242 Å². The summed E-state index contributed by atoms with van der Waals surface area (Å²) in [6, 6.07) is 82.0. The standard InChI is InChI=1S/C65H54N2/c1-64(2)58-28-13-12-27-56(58)57-40-39-55(43-59(57)64)67(53-25-10-5-11-26-53)61-30-15-20-49-42-51-22-16-21-50-41-48-19-14-29-60(62(48)65(50,51)63(49)61)66(52-23-8-4-9-24-52)54-37-35-47(36-38-54)46-33-31-45(32-34-46)44-17-6-3-7-18-44/h3-15,17-20,23-40,43,50-51H,16,21-22,41-42H2,1-2H3. The average Bonchev–Trinajstić information content (AvgIpc) is 4.00. The molecule has 1 saturated carbocycles. The number of hydrogen-bond acceptors (Lipinski definition) is 2. The van der Waals surface area contributed by atoms with Gasteiger partial charge in [0.15, 0.2) is 0 Å². The summed E-state index contributed by atoms with van der Waals surface area (Å²) in [6.07, 6.45) is 5.95. The molecule has 0 radical (unpaired) electrons. The molecule has 324 valence electrons. The Kier molecular flexibility index (Phi) is 9.29. The zero-order chi connectivity index (χ0) is 44.7. The summed E-state index contributed by atoms with van der Waals surface area (Å²) in [6.45, 7) is 4.80. The number of benzene rings is 9. The molecule has 0 aromatic heterocycles. The third-order valence-electron chi connectivity index (χ3n) is 16.2. The molecule has 1 fully saturated rings. The fraction of sp³-hybridized carbons (Fsp3) is 0.169. The lowest BCUT2D eigenvalue weighted by Crippen LogP contribution is -2.42. The highest BCUT2D eigenvalue weighted by atomic mass is 15.2. The number of fused-ring (bicyclic) bond motifs is 5. The molecule has 0 amide bonds. The second-order valence-electron chi connectivity index (χ2n) is 20.0. The van der Waals surface area contributed by atoms with Gasteiger partial charge in [-0.3, -0.25) is 0 Å². The van der Waals surface area contributed by atoms with Gasteiger partial charge >= 0.3 is 0 Å². The van der Waals surface area contributed by atoms with Crippen LogP contribution >= 0.6 is 0 Å². The van der Waals surface area contributed by atoms with Crippen molar-refractivity contribution >= 4 is 34.1 Å². The molecule has 2 nitrogen and oxygen atoms in total. The molecular formula is C65H54N2. The van der Waals surface area contributed by atoms with E-state index < -0.39 is 0 Å². The number of nitrogens with zero attached hydrogens (tertiary/aromatic N) is 2. The third-order valence-corrected chi connectivity index (χ3v) is 16.2. The normalized spacial score (nSPS) is 19.1. The monoisotopic (exact) mass is 862 g/mol. The lowest BCUT2D eigenvalue weighted by molar-refractivity contribution is 0.177. The molecule has 0 aliphatic heterocycles. The zero-order valence-electron chi connectivity index (χ0n) is 38.4. The van der Waals surface area contributed by atoms with E-state index in [-0.39, 0.29) is 10.8 Å². The van der Waals surface area contributed by atoms with Crippen LogP contribution in [0.1, 0.15) is 66.5 Å². The van der Waals surface area contributed by atoms with Gasteiger partial charge in [-0.25, -0.2) is 0 Å². The van der Waals surface area contributed by atoms with Crippen molar-refractivity contribution in [2.45, 2.75) is 56.8 Å². The van der Waals surface area contributed by atoms with Crippen LogP contribution in [0, 0.1) is 11.8 Å². The lowest BCUT2D eigenvalue weighted by Gasteiger charge is -2.46. The maximum atomic E-state index is 2.61. The summed E-state index contributed by atoms with van der Waals surface area (Å²) < 4.78 is 0. The first-order valence-electron chi connectivity index (χ1n) is 24.4. The first-order valence-corrected chi connectivity index (χ1v) is 24.4. The van der Waals surface area contributed by atoms with Gasteiger partial charge in [0.25, 0.3) is 0 Å². The van der Waals surface area contributed by atoms with Gasteiger partial charge in [0.05, 0.1) is 11.4 Å². The molecule has 1 spiro atoms. The van der Waals surface area contributed by atoms with Gasteiger partial charge in [-0.2, -0.15) is 0 Å². The van der Waals surface area contributed by atoms with E-state index in [1.165, 1.54) is 109 Å². The summed E-state index contributed by atoms with van der Waals surface area (Å²) in [5, 5.41) is 0. The van der Waals surface area contributed by atoms with Crippen molar-refractivity contribution in [1.82, 2.24) is 0 Å². The minimum absolute atomic E-state index is 0.105. The Labute approximate surface area is 395 Å². The topological polar surface area (TPSA) is 6.48 Å². The van der Waals surface area contributed by atoms with Crippen molar-refractivity contribution in [3.05, 3.63) is 252 Å². The predicted molar refractivity (Wildman–Crippen MR) is 280 cm³/mol. The molecule has 9 aromatic carbocycles. The van der Waals surface area contributed by atoms with Gasteiger partial charge in [0.1, 0.15) is 0 Å². The Bertz CT molecular complexity index is 3290. The SMILES string of the molecule is CC1(C)c2ccccc2-c2ccc(N(c3ccccc3)c3cccc4c3C35c6c(cccc6N(c6ccccc6)c6ccc(-c7ccc(-c8ccccc8)cc7)cc6)CC3CCCC5C4)cc21. The fourth-order valence-electron chi connectivity index (χ4n) is 13.4. The van der Waals surface area contributed by atoms with Gasteiger partial charge < -0.3 is 9.80 Å². The Hall–Kier alpha value is -7.42. The van der Waals surface area contributed by atoms with Crippen molar-refractivity contribution in [1.29, 1.82) is 0 Å². The Balaban J connectivity index is 0.978. The quantitative estimate of drug-likeness (QED) is 0.150. The summed E-state index contributed by atoms with van der Waals surface area (Å²) in [4.78, 5) is 5.18. The van der Waals surface area contributed by atoms with Gasteiger partial charge in [-0.15, -0.1) is 0 Å². The Morgan fingerprint density at radius 3 is 1.37 bits per heavy atom. The van der Waals surface area contributed by atoms with Crippen molar-refractivity contribution in [2.75, 3.05) is 9.80 Å². The maximum absolute atomic E-state index is 2.61. The Morgan fingerprint density at radius 2 is 0.806 bits per heavy atom. The van der Waals surface area contributed by atoms with E-state index in [1.54, 1.807) is 11.1 Å². The third kappa shape index (κ3) is 6.15. The first kappa shape index (κ1) is 39.9. The molecule has 9 aromatic rings. The molecule has 67 heavy (non-hydrogen) atoms. The second-order valence-corrected chi connectivity index (χ2v) is 20.0. The molecular weight excluding hydrogens is 809 g/mol. The van der Waals surface area contributed by atoms with Crippen molar-refractivity contribution in [3.63, 3.8) is 0 Å². The fourth-order valence-corrected chi connectivity index (χ4v) is 13.4. The van der Waals surface area contributed by atoms with Crippen molar-refractivity contribution in [3.8, 4) is 33.4 Å². The van der Waals surface area contributed by atoms with Gasteiger partial charge in [-0.05, 0) is 165 Å². The smallest absolute Gasteiger partial charge is 0.0505 e. The van der Waals surface area contributed by atoms with Crippen LogP contribution in [-0.2, 0) is 23.7 Å². The zero-order valence-corrected chi connectivity index (χ0v) is 38.4. The average molecular weight is 863 g/mol.